The van der Waals surface area contributed by atoms with Crippen molar-refractivity contribution in [1.29, 1.82) is 0 Å². The van der Waals surface area contributed by atoms with Crippen molar-refractivity contribution in [1.82, 2.24) is 4.90 Å². The Hall–Kier alpha value is -1.54. The molecule has 0 saturated heterocycles. The van der Waals surface area contributed by atoms with Crippen LogP contribution in [0.1, 0.15) is 10.4 Å². The van der Waals surface area contributed by atoms with Crippen molar-refractivity contribution in [2.24, 2.45) is 0 Å². The van der Waals surface area contributed by atoms with Gasteiger partial charge in [0, 0.05) is 14.1 Å². The molecule has 1 aromatic rings. The topological polar surface area (TPSA) is 72.9 Å². The second-order valence-electron chi connectivity index (χ2n) is 4.52. The number of carbonyl (C=O) groups is 1. The minimum Gasteiger partial charge on any atom is -0.496 e. The van der Waals surface area contributed by atoms with Crippen molar-refractivity contribution in [2.75, 3.05) is 28.3 Å². The molecule has 0 aliphatic carbocycles. The Balaban J connectivity index is 2.96. The van der Waals surface area contributed by atoms with Gasteiger partial charge >= 0.3 is 0 Å². The number of Topliss-reactive ketones (excluding diaryl/α,β-unsaturated/α-hetero) is 1. The Morgan fingerprint density at radius 1 is 1.10 bits per heavy atom. The predicted octanol–water partition coefficient (Wildman–Crippen LogP) is 1.80. The minimum atomic E-state index is -3.91. The van der Waals surface area contributed by atoms with E-state index in [4.69, 9.17) is 9.47 Å². The van der Waals surface area contributed by atoms with E-state index in [2.05, 4.69) is 15.9 Å². The SMILES string of the molecule is COc1ccc(OC)c2c1C(=O)C(Br)=C(N(C)C)S2(=O)=O. The van der Waals surface area contributed by atoms with Gasteiger partial charge < -0.3 is 14.4 Å². The van der Waals surface area contributed by atoms with E-state index in [1.807, 2.05) is 0 Å². The fourth-order valence-electron chi connectivity index (χ4n) is 2.22. The van der Waals surface area contributed by atoms with Gasteiger partial charge in [-0.3, -0.25) is 4.79 Å². The summed E-state index contributed by atoms with van der Waals surface area (Å²) in [5.74, 6) is -0.160. The molecule has 1 aromatic carbocycles. The standard InChI is InChI=1S/C13H14BrNO5S/c1-15(2)13-10(14)11(16)9-7(19-3)5-6-8(20-4)12(9)21(13,17)18/h5-6H,1-4H3. The first-order valence-electron chi connectivity index (χ1n) is 5.89. The van der Waals surface area contributed by atoms with Gasteiger partial charge in [-0.25, -0.2) is 8.42 Å². The number of hydrogen-bond donors (Lipinski definition) is 0. The molecule has 0 radical (unpaired) electrons. The normalized spacial score (nSPS) is 16.5. The third kappa shape index (κ3) is 2.22. The van der Waals surface area contributed by atoms with E-state index in [-0.39, 0.29) is 31.5 Å². The van der Waals surface area contributed by atoms with E-state index in [1.54, 1.807) is 14.1 Å². The molecule has 0 amide bonds. The molecule has 6 nitrogen and oxygen atoms in total. The van der Waals surface area contributed by atoms with E-state index in [9.17, 15) is 13.2 Å². The number of fused-ring (bicyclic) bond motifs is 1. The summed E-state index contributed by atoms with van der Waals surface area (Å²) < 4.78 is 35.9. The van der Waals surface area contributed by atoms with Crippen LogP contribution in [0, 0.1) is 0 Å². The van der Waals surface area contributed by atoms with E-state index in [1.165, 1.54) is 31.3 Å². The smallest absolute Gasteiger partial charge is 0.227 e. The van der Waals surface area contributed by atoms with Crippen LogP contribution in [-0.4, -0.2) is 47.4 Å². The maximum atomic E-state index is 12.8. The third-order valence-corrected chi connectivity index (χ3v) is 6.09. The summed E-state index contributed by atoms with van der Waals surface area (Å²) in [5.41, 5.74) is -0.0191. The second-order valence-corrected chi connectivity index (χ2v) is 7.12. The number of allylic oxidation sites excluding steroid dienone is 1. The van der Waals surface area contributed by atoms with Crippen LogP contribution in [0.25, 0.3) is 0 Å². The Morgan fingerprint density at radius 3 is 2.10 bits per heavy atom. The van der Waals surface area contributed by atoms with E-state index in [0.29, 0.717) is 0 Å². The maximum Gasteiger partial charge on any atom is 0.227 e. The fourth-order valence-corrected chi connectivity index (χ4v) is 5.29. The highest BCUT2D eigenvalue weighted by molar-refractivity contribution is 9.12. The summed E-state index contributed by atoms with van der Waals surface area (Å²) in [6.45, 7) is 0. The number of sulfone groups is 1. The summed E-state index contributed by atoms with van der Waals surface area (Å²) >= 11 is 3.09. The first kappa shape index (κ1) is 15.8. The lowest BCUT2D eigenvalue weighted by Crippen LogP contribution is -2.29. The average molecular weight is 376 g/mol. The quantitative estimate of drug-likeness (QED) is 0.801. The van der Waals surface area contributed by atoms with Gasteiger partial charge in [-0.05, 0) is 28.1 Å². The Morgan fingerprint density at radius 2 is 1.62 bits per heavy atom. The maximum absolute atomic E-state index is 12.8. The fraction of sp³-hybridized carbons (Fsp3) is 0.308. The number of benzene rings is 1. The summed E-state index contributed by atoms with van der Waals surface area (Å²) in [6, 6.07) is 2.97. The molecule has 114 valence electrons. The van der Waals surface area contributed by atoms with Gasteiger partial charge in [0.2, 0.25) is 15.6 Å². The molecule has 0 unspecified atom stereocenters. The third-order valence-electron chi connectivity index (χ3n) is 3.07. The molecule has 8 heteroatoms. The van der Waals surface area contributed by atoms with Gasteiger partial charge in [0.15, 0.2) is 5.03 Å². The molecule has 0 aromatic heterocycles. The highest BCUT2D eigenvalue weighted by Gasteiger charge is 2.42. The lowest BCUT2D eigenvalue weighted by Gasteiger charge is -2.26. The number of halogens is 1. The number of ketones is 1. The van der Waals surface area contributed by atoms with Crippen LogP contribution < -0.4 is 9.47 Å². The van der Waals surface area contributed by atoms with Crippen molar-refractivity contribution in [3.8, 4) is 11.5 Å². The highest BCUT2D eigenvalue weighted by Crippen LogP contribution is 2.44. The molecular formula is C13H14BrNO5S. The lowest BCUT2D eigenvalue weighted by molar-refractivity contribution is 0.103. The summed E-state index contributed by atoms with van der Waals surface area (Å²) in [5, 5.41) is -0.105. The Bertz CT molecular complexity index is 752. The summed E-state index contributed by atoms with van der Waals surface area (Å²) in [7, 11) is 1.93. The molecule has 0 fully saturated rings. The highest BCUT2D eigenvalue weighted by atomic mass is 79.9. The number of rotatable bonds is 3. The van der Waals surface area contributed by atoms with Crippen LogP contribution in [0.3, 0.4) is 0 Å². The molecule has 1 heterocycles. The Kier molecular flexibility index (Phi) is 4.03. The van der Waals surface area contributed by atoms with Crippen molar-refractivity contribution in [3.05, 3.63) is 27.2 Å². The van der Waals surface area contributed by atoms with E-state index >= 15 is 0 Å². The molecule has 1 aliphatic heterocycles. The number of carbonyl (C=O) groups excluding carboxylic acids is 1. The molecule has 0 bridgehead atoms. The molecule has 0 saturated carbocycles. The summed E-state index contributed by atoms with van der Waals surface area (Å²) in [6.07, 6.45) is 0. The van der Waals surface area contributed by atoms with Gasteiger partial charge in [0.1, 0.15) is 20.9 Å². The predicted molar refractivity (Wildman–Crippen MR) is 80.7 cm³/mol. The van der Waals surface area contributed by atoms with Crippen molar-refractivity contribution in [3.63, 3.8) is 0 Å². The molecule has 2 rings (SSSR count). The van der Waals surface area contributed by atoms with Gasteiger partial charge in [0.05, 0.1) is 19.8 Å². The van der Waals surface area contributed by atoms with Gasteiger partial charge in [-0.1, -0.05) is 0 Å². The monoisotopic (exact) mass is 375 g/mol. The van der Waals surface area contributed by atoms with Gasteiger partial charge in [-0.15, -0.1) is 0 Å². The summed E-state index contributed by atoms with van der Waals surface area (Å²) in [4.78, 5) is 13.7. The number of methoxy groups -OCH3 is 2. The lowest BCUT2D eigenvalue weighted by atomic mass is 10.1. The molecule has 0 N–H and O–H groups in total. The molecule has 0 atom stereocenters. The Labute approximate surface area is 131 Å². The van der Waals surface area contributed by atoms with Crippen molar-refractivity contribution < 1.29 is 22.7 Å². The molecule has 0 spiro atoms. The number of ether oxygens (including phenoxy) is 2. The molecular weight excluding hydrogens is 362 g/mol. The number of nitrogens with zero attached hydrogens (tertiary/aromatic N) is 1. The van der Waals surface area contributed by atoms with Crippen molar-refractivity contribution >= 4 is 31.6 Å². The largest absolute Gasteiger partial charge is 0.496 e. The van der Waals surface area contributed by atoms with E-state index in [0.717, 1.165) is 0 Å². The van der Waals surface area contributed by atoms with Gasteiger partial charge in [0.25, 0.3) is 0 Å². The van der Waals surface area contributed by atoms with Gasteiger partial charge in [-0.2, -0.15) is 0 Å². The van der Waals surface area contributed by atoms with Crippen LogP contribution in [0.2, 0.25) is 0 Å². The average Bonchev–Trinajstić information content (AvgIpc) is 2.42. The van der Waals surface area contributed by atoms with Crippen LogP contribution in [0.15, 0.2) is 26.5 Å². The van der Waals surface area contributed by atoms with Crippen LogP contribution in [0.5, 0.6) is 11.5 Å². The second kappa shape index (κ2) is 5.34. The minimum absolute atomic E-state index is 0.0191. The van der Waals surface area contributed by atoms with Crippen LogP contribution >= 0.6 is 15.9 Å². The molecule has 1 aliphatic rings. The zero-order valence-corrected chi connectivity index (χ0v) is 14.3. The first-order chi connectivity index (χ1) is 9.77. The van der Waals surface area contributed by atoms with Crippen LogP contribution in [-0.2, 0) is 9.84 Å². The number of hydrogen-bond acceptors (Lipinski definition) is 6. The molecule has 21 heavy (non-hydrogen) atoms. The first-order valence-corrected chi connectivity index (χ1v) is 8.16. The van der Waals surface area contributed by atoms with Crippen LogP contribution in [0.4, 0.5) is 0 Å². The zero-order chi connectivity index (χ0) is 15.9. The van der Waals surface area contributed by atoms with Crippen molar-refractivity contribution in [2.45, 2.75) is 4.90 Å². The zero-order valence-electron chi connectivity index (χ0n) is 11.9. The van der Waals surface area contributed by atoms with E-state index < -0.39 is 15.6 Å².